The smallest absolute Gasteiger partial charge is 0.280 e. The van der Waals surface area contributed by atoms with Crippen molar-refractivity contribution in [1.82, 2.24) is 4.98 Å². The number of hydrogen-bond acceptors (Lipinski definition) is 2. The second kappa shape index (κ2) is 3.90. The SMILES string of the molecule is CC(C)(C)Oc1ccc(C(F)F)nc1. The first-order valence-corrected chi connectivity index (χ1v) is 4.31. The molecule has 1 heterocycles. The van der Waals surface area contributed by atoms with Crippen molar-refractivity contribution >= 4 is 0 Å². The number of aromatic nitrogens is 1. The van der Waals surface area contributed by atoms with E-state index < -0.39 is 6.43 Å². The molecule has 1 aromatic heterocycles. The zero-order valence-corrected chi connectivity index (χ0v) is 8.42. The second-order valence-corrected chi connectivity index (χ2v) is 3.93. The third-order valence-electron chi connectivity index (χ3n) is 1.41. The van der Waals surface area contributed by atoms with Gasteiger partial charge in [-0.1, -0.05) is 0 Å². The van der Waals surface area contributed by atoms with Crippen LogP contribution in [0.5, 0.6) is 5.75 Å². The van der Waals surface area contributed by atoms with Gasteiger partial charge in [-0.05, 0) is 32.9 Å². The van der Waals surface area contributed by atoms with Crippen molar-refractivity contribution in [2.24, 2.45) is 0 Å². The minimum absolute atomic E-state index is 0.230. The van der Waals surface area contributed by atoms with Crippen LogP contribution < -0.4 is 4.74 Å². The van der Waals surface area contributed by atoms with Crippen molar-refractivity contribution in [3.8, 4) is 5.75 Å². The van der Waals surface area contributed by atoms with E-state index in [1.807, 2.05) is 20.8 Å². The molecule has 1 rings (SSSR count). The van der Waals surface area contributed by atoms with Crippen LogP contribution in [0.15, 0.2) is 18.3 Å². The molecule has 0 amide bonds. The lowest BCUT2D eigenvalue weighted by atomic mass is 10.2. The monoisotopic (exact) mass is 201 g/mol. The number of ether oxygens (including phenoxy) is 1. The summed E-state index contributed by atoms with van der Waals surface area (Å²) in [6.07, 6.45) is -1.22. The Labute approximate surface area is 81.9 Å². The van der Waals surface area contributed by atoms with Gasteiger partial charge in [-0.3, -0.25) is 4.98 Å². The molecule has 0 aliphatic heterocycles. The second-order valence-electron chi connectivity index (χ2n) is 3.93. The highest BCUT2D eigenvalue weighted by Crippen LogP contribution is 2.21. The lowest BCUT2D eigenvalue weighted by molar-refractivity contribution is 0.128. The van der Waals surface area contributed by atoms with Crippen molar-refractivity contribution in [3.63, 3.8) is 0 Å². The predicted molar refractivity (Wildman–Crippen MR) is 49.6 cm³/mol. The summed E-state index contributed by atoms with van der Waals surface area (Å²) in [7, 11) is 0. The average molecular weight is 201 g/mol. The van der Waals surface area contributed by atoms with E-state index in [-0.39, 0.29) is 11.3 Å². The summed E-state index contributed by atoms with van der Waals surface area (Å²) < 4.78 is 29.7. The van der Waals surface area contributed by atoms with Gasteiger partial charge in [0.15, 0.2) is 0 Å². The van der Waals surface area contributed by atoms with Crippen LogP contribution in [0.1, 0.15) is 32.9 Å². The first-order chi connectivity index (χ1) is 6.38. The van der Waals surface area contributed by atoms with Gasteiger partial charge in [0.1, 0.15) is 17.0 Å². The fourth-order valence-electron chi connectivity index (χ4n) is 0.935. The minimum Gasteiger partial charge on any atom is -0.487 e. The van der Waals surface area contributed by atoms with Crippen LogP contribution in [0.3, 0.4) is 0 Å². The molecule has 0 aliphatic rings. The lowest BCUT2D eigenvalue weighted by Gasteiger charge is -2.20. The van der Waals surface area contributed by atoms with Gasteiger partial charge in [0.25, 0.3) is 6.43 Å². The highest BCUT2D eigenvalue weighted by molar-refractivity contribution is 5.20. The Kier molecular flexibility index (Phi) is 3.03. The fourth-order valence-corrected chi connectivity index (χ4v) is 0.935. The third kappa shape index (κ3) is 3.28. The molecule has 0 atom stereocenters. The van der Waals surface area contributed by atoms with Gasteiger partial charge in [-0.25, -0.2) is 8.78 Å². The molecule has 0 aliphatic carbocycles. The number of rotatable bonds is 2. The molecule has 4 heteroatoms. The lowest BCUT2D eigenvalue weighted by Crippen LogP contribution is -2.23. The van der Waals surface area contributed by atoms with E-state index in [0.29, 0.717) is 5.75 Å². The maximum atomic E-state index is 12.1. The van der Waals surface area contributed by atoms with E-state index in [9.17, 15) is 8.78 Å². The van der Waals surface area contributed by atoms with Crippen molar-refractivity contribution in [1.29, 1.82) is 0 Å². The van der Waals surface area contributed by atoms with E-state index in [1.165, 1.54) is 18.3 Å². The Balaban J connectivity index is 2.74. The molecular weight excluding hydrogens is 188 g/mol. The molecule has 1 aromatic rings. The van der Waals surface area contributed by atoms with E-state index in [2.05, 4.69) is 4.98 Å². The van der Waals surface area contributed by atoms with Gasteiger partial charge < -0.3 is 4.74 Å². The molecule has 2 nitrogen and oxygen atoms in total. The number of alkyl halides is 2. The Morgan fingerprint density at radius 3 is 2.29 bits per heavy atom. The Morgan fingerprint density at radius 2 is 1.93 bits per heavy atom. The molecule has 0 bridgehead atoms. The van der Waals surface area contributed by atoms with Crippen LogP contribution in [0, 0.1) is 0 Å². The van der Waals surface area contributed by atoms with Crippen molar-refractivity contribution in [3.05, 3.63) is 24.0 Å². The van der Waals surface area contributed by atoms with E-state index in [4.69, 9.17) is 4.74 Å². The molecule has 0 saturated carbocycles. The molecule has 0 fully saturated rings. The maximum Gasteiger partial charge on any atom is 0.280 e. The van der Waals surface area contributed by atoms with E-state index in [0.717, 1.165) is 0 Å². The summed E-state index contributed by atoms with van der Waals surface area (Å²) in [5, 5.41) is 0. The number of hydrogen-bond donors (Lipinski definition) is 0. The summed E-state index contributed by atoms with van der Waals surface area (Å²) in [6.45, 7) is 5.65. The van der Waals surface area contributed by atoms with Gasteiger partial charge in [0.2, 0.25) is 0 Å². The molecule has 0 N–H and O–H groups in total. The van der Waals surface area contributed by atoms with Crippen molar-refractivity contribution < 1.29 is 13.5 Å². The van der Waals surface area contributed by atoms with Crippen LogP contribution in [-0.4, -0.2) is 10.6 Å². The molecule has 78 valence electrons. The summed E-state index contributed by atoms with van der Waals surface area (Å²) in [5.41, 5.74) is -0.570. The van der Waals surface area contributed by atoms with Gasteiger partial charge >= 0.3 is 0 Å². The normalized spacial score (nSPS) is 11.9. The highest BCUT2D eigenvalue weighted by atomic mass is 19.3. The van der Waals surface area contributed by atoms with Gasteiger partial charge in [0, 0.05) is 0 Å². The van der Waals surface area contributed by atoms with E-state index in [1.54, 1.807) is 0 Å². The Morgan fingerprint density at radius 1 is 1.29 bits per heavy atom. The zero-order valence-electron chi connectivity index (χ0n) is 8.42. The molecule has 0 saturated heterocycles. The summed E-state index contributed by atoms with van der Waals surface area (Å²) in [5.74, 6) is 0.502. The van der Waals surface area contributed by atoms with Gasteiger partial charge in [-0.2, -0.15) is 0 Å². The maximum absolute atomic E-state index is 12.1. The number of halogens is 2. The van der Waals surface area contributed by atoms with Crippen LogP contribution in [0.25, 0.3) is 0 Å². The fraction of sp³-hybridized carbons (Fsp3) is 0.500. The first kappa shape index (κ1) is 10.9. The van der Waals surface area contributed by atoms with Crippen LogP contribution in [0.4, 0.5) is 8.78 Å². The van der Waals surface area contributed by atoms with Gasteiger partial charge in [0.05, 0.1) is 6.20 Å². The molecule has 0 unspecified atom stereocenters. The van der Waals surface area contributed by atoms with E-state index >= 15 is 0 Å². The zero-order chi connectivity index (χ0) is 10.8. The Bertz CT molecular complexity index is 290. The summed E-state index contributed by atoms with van der Waals surface area (Å²) >= 11 is 0. The van der Waals surface area contributed by atoms with Crippen LogP contribution in [-0.2, 0) is 0 Å². The van der Waals surface area contributed by atoms with Crippen molar-refractivity contribution in [2.75, 3.05) is 0 Å². The molecule has 0 aromatic carbocycles. The van der Waals surface area contributed by atoms with Gasteiger partial charge in [-0.15, -0.1) is 0 Å². The summed E-state index contributed by atoms with van der Waals surface area (Å²) in [4.78, 5) is 3.59. The largest absolute Gasteiger partial charge is 0.487 e. The quantitative estimate of drug-likeness (QED) is 0.733. The summed E-state index contributed by atoms with van der Waals surface area (Å²) in [6, 6.07) is 2.77. The predicted octanol–water partition coefficient (Wildman–Crippen LogP) is 3.20. The number of nitrogens with zero attached hydrogens (tertiary/aromatic N) is 1. The molecule has 14 heavy (non-hydrogen) atoms. The Hall–Kier alpha value is -1.19. The van der Waals surface area contributed by atoms with Crippen LogP contribution in [0.2, 0.25) is 0 Å². The first-order valence-electron chi connectivity index (χ1n) is 4.31. The molecular formula is C10H13F2NO. The number of pyridine rings is 1. The topological polar surface area (TPSA) is 22.1 Å². The average Bonchev–Trinajstić information content (AvgIpc) is 2.02. The highest BCUT2D eigenvalue weighted by Gasteiger charge is 2.13. The molecule has 0 radical (unpaired) electrons. The minimum atomic E-state index is -2.53. The van der Waals surface area contributed by atoms with Crippen molar-refractivity contribution in [2.45, 2.75) is 32.8 Å². The third-order valence-corrected chi connectivity index (χ3v) is 1.41. The molecule has 0 spiro atoms. The standard InChI is InChI=1S/C10H13F2NO/c1-10(2,3)14-7-4-5-8(9(11)12)13-6-7/h4-6,9H,1-3H3. The van der Waals surface area contributed by atoms with Crippen LogP contribution >= 0.6 is 0 Å².